The maximum absolute atomic E-state index is 14.5. The van der Waals surface area contributed by atoms with Crippen molar-refractivity contribution in [1.82, 2.24) is 5.32 Å². The number of anilines is 1. The van der Waals surface area contributed by atoms with E-state index in [1.54, 1.807) is 24.3 Å². The van der Waals surface area contributed by atoms with Crippen LogP contribution in [0.1, 0.15) is 36.8 Å². The van der Waals surface area contributed by atoms with E-state index < -0.39 is 17.3 Å². The van der Waals surface area contributed by atoms with Crippen molar-refractivity contribution in [2.24, 2.45) is 11.8 Å². The topological polar surface area (TPSA) is 58.2 Å². The average molecular weight is 485 g/mol. The van der Waals surface area contributed by atoms with Crippen LogP contribution in [0.25, 0.3) is 0 Å². The van der Waals surface area contributed by atoms with Gasteiger partial charge in [0.25, 0.3) is 0 Å². The van der Waals surface area contributed by atoms with Crippen LogP contribution in [0.15, 0.2) is 66.0 Å². The van der Waals surface area contributed by atoms with E-state index in [0.717, 1.165) is 16.7 Å². The number of carbonyl (C=O) groups is 2. The second-order valence-electron chi connectivity index (χ2n) is 9.07. The Hall–Kier alpha value is -2.63. The van der Waals surface area contributed by atoms with Crippen molar-refractivity contribution < 1.29 is 14.0 Å². The molecule has 2 aromatic carbocycles. The van der Waals surface area contributed by atoms with Crippen LogP contribution in [0.3, 0.4) is 0 Å². The molecule has 0 saturated carbocycles. The number of amides is 2. The van der Waals surface area contributed by atoms with Crippen LogP contribution in [-0.2, 0) is 15.0 Å². The molecule has 1 aliphatic carbocycles. The molecule has 33 heavy (non-hydrogen) atoms. The molecule has 3 aliphatic rings. The smallest absolute Gasteiger partial charge is 0.236 e. The van der Waals surface area contributed by atoms with E-state index >= 15 is 0 Å². The Labute approximate surface area is 201 Å². The lowest BCUT2D eigenvalue weighted by atomic mass is 9.56. The minimum absolute atomic E-state index is 0.107. The summed E-state index contributed by atoms with van der Waals surface area (Å²) in [5.74, 6) is -1.79. The Kier molecular flexibility index (Phi) is 5.58. The highest BCUT2D eigenvalue weighted by atomic mass is 35.5. The number of nitrogens with one attached hydrogen (secondary N) is 2. The second kappa shape index (κ2) is 8.30. The third-order valence-electron chi connectivity index (χ3n) is 7.36. The van der Waals surface area contributed by atoms with E-state index in [1.165, 1.54) is 6.08 Å². The first kappa shape index (κ1) is 22.2. The molecule has 2 amide bonds. The van der Waals surface area contributed by atoms with Crippen molar-refractivity contribution in [3.8, 4) is 0 Å². The number of rotatable bonds is 2. The predicted molar refractivity (Wildman–Crippen MR) is 128 cm³/mol. The van der Waals surface area contributed by atoms with Crippen LogP contribution in [0, 0.1) is 11.8 Å². The summed E-state index contributed by atoms with van der Waals surface area (Å²) in [5, 5.41) is 7.09. The molecule has 2 aromatic rings. The molecule has 7 heteroatoms. The van der Waals surface area contributed by atoms with Crippen LogP contribution in [-0.4, -0.2) is 18.4 Å². The minimum atomic E-state index is -1.11. The molecule has 1 fully saturated rings. The normalized spacial score (nSPS) is 29.0. The summed E-state index contributed by atoms with van der Waals surface area (Å²) < 4.78 is 14.5. The Bertz CT molecular complexity index is 1220. The SMILES string of the molecule is CC1=CC=C(F)CC1[C@H]1CC(=O)NCC(c2cccc(Cl)c2)[C@]12C(=O)Nc1cc(Cl)ccc12. The lowest BCUT2D eigenvalue weighted by Gasteiger charge is -2.44. The first-order valence-electron chi connectivity index (χ1n) is 11.0. The van der Waals surface area contributed by atoms with Gasteiger partial charge in [-0.25, -0.2) is 4.39 Å². The van der Waals surface area contributed by atoms with E-state index in [2.05, 4.69) is 10.6 Å². The average Bonchev–Trinajstić information content (AvgIpc) is 2.95. The molecule has 1 spiro atoms. The number of carbonyl (C=O) groups excluding carboxylic acids is 2. The molecule has 2 N–H and O–H groups in total. The number of halogens is 3. The van der Waals surface area contributed by atoms with Crippen LogP contribution >= 0.6 is 23.2 Å². The molecular formula is C26H23Cl2FN2O2. The van der Waals surface area contributed by atoms with Gasteiger partial charge < -0.3 is 10.6 Å². The van der Waals surface area contributed by atoms with E-state index in [-0.39, 0.29) is 42.9 Å². The van der Waals surface area contributed by atoms with Crippen molar-refractivity contribution >= 4 is 40.7 Å². The van der Waals surface area contributed by atoms with Gasteiger partial charge >= 0.3 is 0 Å². The molecule has 0 aromatic heterocycles. The first-order chi connectivity index (χ1) is 15.8. The summed E-state index contributed by atoms with van der Waals surface area (Å²) in [6.45, 7) is 2.20. The van der Waals surface area contributed by atoms with Gasteiger partial charge in [0.15, 0.2) is 0 Å². The molecule has 0 bridgehead atoms. The van der Waals surface area contributed by atoms with Gasteiger partial charge in [-0.3, -0.25) is 9.59 Å². The van der Waals surface area contributed by atoms with Crippen LogP contribution in [0.2, 0.25) is 10.0 Å². The maximum atomic E-state index is 14.5. The highest BCUT2D eigenvalue weighted by Crippen LogP contribution is 2.58. The van der Waals surface area contributed by atoms with Gasteiger partial charge in [-0.15, -0.1) is 0 Å². The van der Waals surface area contributed by atoms with Gasteiger partial charge in [-0.05, 0) is 60.2 Å². The summed E-state index contributed by atoms with van der Waals surface area (Å²) >= 11 is 12.6. The minimum Gasteiger partial charge on any atom is -0.355 e. The third-order valence-corrected chi connectivity index (χ3v) is 7.83. The molecule has 2 heterocycles. The third kappa shape index (κ3) is 3.58. The van der Waals surface area contributed by atoms with Crippen LogP contribution in [0.5, 0.6) is 0 Å². The molecule has 4 atom stereocenters. The van der Waals surface area contributed by atoms with E-state index in [9.17, 15) is 14.0 Å². The van der Waals surface area contributed by atoms with Gasteiger partial charge in [-0.2, -0.15) is 0 Å². The summed E-state index contributed by atoms with van der Waals surface area (Å²) in [6, 6.07) is 12.8. The number of hydrogen-bond acceptors (Lipinski definition) is 2. The van der Waals surface area contributed by atoms with Crippen LogP contribution in [0.4, 0.5) is 10.1 Å². The van der Waals surface area contributed by atoms with Gasteiger partial charge in [-0.1, -0.05) is 53.1 Å². The highest BCUT2D eigenvalue weighted by Gasteiger charge is 2.60. The molecule has 170 valence electrons. The summed E-state index contributed by atoms with van der Waals surface area (Å²) in [4.78, 5) is 27.0. The quantitative estimate of drug-likeness (QED) is 0.555. The van der Waals surface area contributed by atoms with Crippen molar-refractivity contribution in [3.63, 3.8) is 0 Å². The fourth-order valence-corrected chi connectivity index (χ4v) is 6.29. The van der Waals surface area contributed by atoms with Crippen molar-refractivity contribution in [1.29, 1.82) is 0 Å². The van der Waals surface area contributed by atoms with E-state index in [0.29, 0.717) is 15.7 Å². The van der Waals surface area contributed by atoms with E-state index in [4.69, 9.17) is 23.2 Å². The number of benzene rings is 2. The molecule has 1 saturated heterocycles. The summed E-state index contributed by atoms with van der Waals surface area (Å²) in [7, 11) is 0. The number of allylic oxidation sites excluding steroid dienone is 4. The molecule has 5 rings (SSSR count). The molecule has 2 aliphatic heterocycles. The van der Waals surface area contributed by atoms with Crippen LogP contribution < -0.4 is 10.6 Å². The van der Waals surface area contributed by atoms with E-state index in [1.807, 2.05) is 31.2 Å². The highest BCUT2D eigenvalue weighted by molar-refractivity contribution is 6.31. The molecule has 2 unspecified atom stereocenters. The number of fused-ring (bicyclic) bond motifs is 2. The fourth-order valence-electron chi connectivity index (χ4n) is 5.92. The first-order valence-corrected chi connectivity index (χ1v) is 11.7. The van der Waals surface area contributed by atoms with Gasteiger partial charge in [0.1, 0.15) is 5.83 Å². The molecular weight excluding hydrogens is 462 g/mol. The van der Waals surface area contributed by atoms with Crippen molar-refractivity contribution in [2.45, 2.75) is 31.1 Å². The Morgan fingerprint density at radius 1 is 1.03 bits per heavy atom. The zero-order chi connectivity index (χ0) is 23.3. The lowest BCUT2D eigenvalue weighted by Crippen LogP contribution is -2.50. The largest absolute Gasteiger partial charge is 0.355 e. The Morgan fingerprint density at radius 3 is 2.61 bits per heavy atom. The van der Waals surface area contributed by atoms with Crippen molar-refractivity contribution in [3.05, 3.63) is 87.2 Å². The predicted octanol–water partition coefficient (Wildman–Crippen LogP) is 5.92. The maximum Gasteiger partial charge on any atom is 0.236 e. The zero-order valence-corrected chi connectivity index (χ0v) is 19.5. The lowest BCUT2D eigenvalue weighted by molar-refractivity contribution is -0.125. The Morgan fingerprint density at radius 2 is 1.82 bits per heavy atom. The second-order valence-corrected chi connectivity index (χ2v) is 9.94. The van der Waals surface area contributed by atoms with Gasteiger partial charge in [0.05, 0.1) is 5.41 Å². The fraction of sp³-hybridized carbons (Fsp3) is 0.308. The molecule has 4 nitrogen and oxygen atoms in total. The number of hydrogen-bond donors (Lipinski definition) is 2. The van der Waals surface area contributed by atoms with Crippen molar-refractivity contribution in [2.75, 3.05) is 11.9 Å². The standard InChI is InChI=1S/C26H23Cl2FN2O2/c1-14-5-7-18(29)11-19(14)21-12-24(32)30-13-22(15-3-2-4-16(27)9-15)26(21)20-8-6-17(28)10-23(20)31-25(26)33/h2-10,19,21-22H,11-13H2,1H3,(H,30,32)(H,31,33)/t19?,21-,22?,26-/m1/s1. The van der Waals surface area contributed by atoms with Gasteiger partial charge in [0, 0.05) is 41.0 Å². The molecule has 0 radical (unpaired) electrons. The van der Waals surface area contributed by atoms with Gasteiger partial charge in [0.2, 0.25) is 11.8 Å². The Balaban J connectivity index is 1.79. The zero-order valence-electron chi connectivity index (χ0n) is 18.0. The summed E-state index contributed by atoms with van der Waals surface area (Å²) in [6.07, 6.45) is 3.48. The summed E-state index contributed by atoms with van der Waals surface area (Å²) in [5.41, 5.74) is 2.11. The monoisotopic (exact) mass is 484 g/mol.